The number of aliphatic hydroxyl groups is 1. The number of nitrogens with zero attached hydrogens (tertiary/aromatic N) is 1. The van der Waals surface area contributed by atoms with Crippen LogP contribution in [0.1, 0.15) is 54.9 Å². The Labute approximate surface area is 188 Å². The zero-order valence-corrected chi connectivity index (χ0v) is 18.6. The predicted octanol–water partition coefficient (Wildman–Crippen LogP) is 5.00. The first kappa shape index (κ1) is 24.6. The van der Waals surface area contributed by atoms with Gasteiger partial charge in [0.15, 0.2) is 0 Å². The van der Waals surface area contributed by atoms with E-state index in [1.54, 1.807) is 0 Å². The van der Waals surface area contributed by atoms with Gasteiger partial charge in [0.2, 0.25) is 0 Å². The van der Waals surface area contributed by atoms with Crippen LogP contribution < -0.4 is 10.1 Å². The van der Waals surface area contributed by atoms with E-state index in [0.717, 1.165) is 43.1 Å². The fraction of sp³-hybridized carbons (Fsp3) is 0.520. The van der Waals surface area contributed by atoms with Crippen molar-refractivity contribution < 1.29 is 23.0 Å². The Bertz CT molecular complexity index is 821. The van der Waals surface area contributed by atoms with Crippen molar-refractivity contribution in [1.82, 2.24) is 10.2 Å². The van der Waals surface area contributed by atoms with Crippen molar-refractivity contribution in [2.24, 2.45) is 0 Å². The van der Waals surface area contributed by atoms with E-state index < -0.39 is 17.8 Å². The number of alkyl halides is 3. The second-order valence-corrected chi connectivity index (χ2v) is 8.52. The normalized spacial score (nSPS) is 17.2. The first-order valence-corrected chi connectivity index (χ1v) is 11.3. The minimum atomic E-state index is -4.42. The van der Waals surface area contributed by atoms with Gasteiger partial charge in [-0.05, 0) is 67.2 Å². The zero-order chi connectivity index (χ0) is 23.0. The Morgan fingerprint density at radius 1 is 1.00 bits per heavy atom. The smallest absolute Gasteiger partial charge is 0.416 e. The molecule has 1 heterocycles. The Hall–Kier alpha value is -2.09. The van der Waals surface area contributed by atoms with E-state index in [1.165, 1.54) is 31.4 Å². The molecule has 1 fully saturated rings. The van der Waals surface area contributed by atoms with Crippen LogP contribution in [0.4, 0.5) is 13.2 Å². The van der Waals surface area contributed by atoms with Crippen molar-refractivity contribution in [3.05, 3.63) is 65.2 Å². The number of ether oxygens (including phenoxy) is 1. The quantitative estimate of drug-likeness (QED) is 0.535. The van der Waals surface area contributed by atoms with E-state index >= 15 is 0 Å². The van der Waals surface area contributed by atoms with Gasteiger partial charge < -0.3 is 15.2 Å². The molecule has 2 aromatic rings. The molecule has 32 heavy (non-hydrogen) atoms. The van der Waals surface area contributed by atoms with Crippen molar-refractivity contribution in [1.29, 1.82) is 0 Å². The summed E-state index contributed by atoms with van der Waals surface area (Å²) >= 11 is 0. The number of aliphatic hydroxyl groups excluding tert-OH is 1. The van der Waals surface area contributed by atoms with Crippen LogP contribution in [0.2, 0.25) is 0 Å². The zero-order valence-electron chi connectivity index (χ0n) is 18.6. The molecule has 176 valence electrons. The molecular formula is C25H33F3N2O2. The van der Waals surface area contributed by atoms with E-state index in [2.05, 4.69) is 17.1 Å². The molecule has 0 saturated carbocycles. The van der Waals surface area contributed by atoms with E-state index in [4.69, 9.17) is 4.74 Å². The predicted molar refractivity (Wildman–Crippen MR) is 120 cm³/mol. The highest BCUT2D eigenvalue weighted by molar-refractivity contribution is 5.30. The molecule has 1 aliphatic rings. The van der Waals surface area contributed by atoms with Gasteiger partial charge in [0.1, 0.15) is 12.4 Å². The lowest BCUT2D eigenvalue weighted by Crippen LogP contribution is -2.33. The molecule has 2 atom stereocenters. The number of rotatable bonds is 10. The van der Waals surface area contributed by atoms with Gasteiger partial charge in [-0.2, -0.15) is 13.2 Å². The second-order valence-electron chi connectivity index (χ2n) is 8.52. The largest absolute Gasteiger partial charge is 0.492 e. The van der Waals surface area contributed by atoms with Crippen molar-refractivity contribution in [2.75, 3.05) is 39.3 Å². The van der Waals surface area contributed by atoms with Crippen LogP contribution in [0, 0.1) is 0 Å². The van der Waals surface area contributed by atoms with E-state index in [1.807, 2.05) is 24.3 Å². The molecule has 4 nitrogen and oxygen atoms in total. The third-order valence-electron chi connectivity index (χ3n) is 5.96. The minimum Gasteiger partial charge on any atom is -0.492 e. The molecule has 0 bridgehead atoms. The van der Waals surface area contributed by atoms with Crippen LogP contribution >= 0.6 is 0 Å². The molecule has 1 saturated heterocycles. The molecule has 2 N–H and O–H groups in total. The van der Waals surface area contributed by atoms with Crippen molar-refractivity contribution in [3.8, 4) is 5.75 Å². The van der Waals surface area contributed by atoms with Crippen molar-refractivity contribution in [2.45, 2.75) is 44.4 Å². The third kappa shape index (κ3) is 7.50. The molecule has 1 aliphatic heterocycles. The molecule has 0 aromatic heterocycles. The molecule has 2 aromatic carbocycles. The molecule has 2 unspecified atom stereocenters. The molecule has 0 amide bonds. The standard InChI is InChI=1S/C25H33F3N2O2/c1-19(17-29-18-24(31)21-6-5-7-22(16-21)25(26,27)28)20-8-10-23(11-9-20)32-15-14-30-12-3-2-4-13-30/h5-11,16,19,24,29,31H,2-4,12-15,17-18H2,1H3. The fourth-order valence-electron chi connectivity index (χ4n) is 3.96. The fourth-order valence-corrected chi connectivity index (χ4v) is 3.96. The van der Waals surface area contributed by atoms with Gasteiger partial charge in [-0.3, -0.25) is 4.90 Å². The lowest BCUT2D eigenvalue weighted by atomic mass is 10.0. The summed E-state index contributed by atoms with van der Waals surface area (Å²) in [5.41, 5.74) is 0.640. The van der Waals surface area contributed by atoms with Crippen LogP contribution in [0.15, 0.2) is 48.5 Å². The molecule has 0 spiro atoms. The number of benzene rings is 2. The lowest BCUT2D eigenvalue weighted by molar-refractivity contribution is -0.137. The summed E-state index contributed by atoms with van der Waals surface area (Å²) in [6.07, 6.45) is -1.54. The maximum atomic E-state index is 12.9. The number of halogens is 3. The van der Waals surface area contributed by atoms with Gasteiger partial charge in [-0.15, -0.1) is 0 Å². The van der Waals surface area contributed by atoms with Crippen LogP contribution in [-0.2, 0) is 6.18 Å². The van der Waals surface area contributed by atoms with Crippen LogP contribution in [0.25, 0.3) is 0 Å². The number of likely N-dealkylation sites (tertiary alicyclic amines) is 1. The van der Waals surface area contributed by atoms with Crippen molar-refractivity contribution in [3.63, 3.8) is 0 Å². The van der Waals surface area contributed by atoms with E-state index in [-0.39, 0.29) is 18.0 Å². The van der Waals surface area contributed by atoms with Gasteiger partial charge in [0.25, 0.3) is 0 Å². The Morgan fingerprint density at radius 2 is 1.72 bits per heavy atom. The SMILES string of the molecule is CC(CNCC(O)c1cccc(C(F)(F)F)c1)c1ccc(OCCN2CCCCC2)cc1. The molecule has 3 rings (SSSR count). The molecule has 0 radical (unpaired) electrons. The summed E-state index contributed by atoms with van der Waals surface area (Å²) < 4.78 is 44.4. The summed E-state index contributed by atoms with van der Waals surface area (Å²) in [5, 5.41) is 13.4. The topological polar surface area (TPSA) is 44.7 Å². The van der Waals surface area contributed by atoms with Crippen molar-refractivity contribution >= 4 is 0 Å². The van der Waals surface area contributed by atoms with E-state index in [0.29, 0.717) is 13.2 Å². The van der Waals surface area contributed by atoms with Gasteiger partial charge >= 0.3 is 6.18 Å². The summed E-state index contributed by atoms with van der Waals surface area (Å²) in [7, 11) is 0. The maximum Gasteiger partial charge on any atom is 0.416 e. The van der Waals surface area contributed by atoms with Crippen LogP contribution in [-0.4, -0.2) is 49.3 Å². The summed E-state index contributed by atoms with van der Waals surface area (Å²) in [6, 6.07) is 12.8. The van der Waals surface area contributed by atoms with Gasteiger partial charge in [-0.1, -0.05) is 37.6 Å². The average molecular weight is 451 g/mol. The third-order valence-corrected chi connectivity index (χ3v) is 5.96. The molecule has 7 heteroatoms. The average Bonchev–Trinajstić information content (AvgIpc) is 2.79. The lowest BCUT2D eigenvalue weighted by Gasteiger charge is -2.26. The van der Waals surface area contributed by atoms with Gasteiger partial charge in [0, 0.05) is 19.6 Å². The minimum absolute atomic E-state index is 0.184. The van der Waals surface area contributed by atoms with Gasteiger partial charge in [0.05, 0.1) is 11.7 Å². The summed E-state index contributed by atoms with van der Waals surface area (Å²) in [6.45, 7) is 6.81. The molecule has 0 aliphatic carbocycles. The number of hydrogen-bond donors (Lipinski definition) is 2. The summed E-state index contributed by atoms with van der Waals surface area (Å²) in [4.78, 5) is 2.44. The van der Waals surface area contributed by atoms with Crippen LogP contribution in [0.5, 0.6) is 5.75 Å². The number of nitrogens with one attached hydrogen (secondary N) is 1. The van der Waals surface area contributed by atoms with Gasteiger partial charge in [-0.25, -0.2) is 0 Å². The Kier molecular flexibility index (Phi) is 8.96. The summed E-state index contributed by atoms with van der Waals surface area (Å²) in [5.74, 6) is 1.04. The van der Waals surface area contributed by atoms with E-state index in [9.17, 15) is 18.3 Å². The van der Waals surface area contributed by atoms with Crippen LogP contribution in [0.3, 0.4) is 0 Å². The Morgan fingerprint density at radius 3 is 2.41 bits per heavy atom. The molecular weight excluding hydrogens is 417 g/mol. The highest BCUT2D eigenvalue weighted by Crippen LogP contribution is 2.30. The first-order chi connectivity index (χ1) is 15.3. The monoisotopic (exact) mass is 450 g/mol. The highest BCUT2D eigenvalue weighted by Gasteiger charge is 2.30. The Balaban J connectivity index is 1.40. The number of hydrogen-bond acceptors (Lipinski definition) is 4. The maximum absolute atomic E-state index is 12.9. The highest BCUT2D eigenvalue weighted by atomic mass is 19.4. The number of piperidine rings is 1. The second kappa shape index (κ2) is 11.7. The first-order valence-electron chi connectivity index (χ1n) is 11.3.